The average molecular weight is 342 g/mol. The molecule has 2 heteroatoms. The van der Waals surface area contributed by atoms with Crippen LogP contribution in [0.15, 0.2) is 0 Å². The molecule has 0 N–H and O–H groups in total. The fraction of sp³-hybridized carbons (Fsp3) is 0.955. The second-order valence-corrected chi connectivity index (χ2v) is 7.50. The molecule has 0 aliphatic carbocycles. The summed E-state index contributed by atoms with van der Waals surface area (Å²) in [5.74, 6) is 0. The van der Waals surface area contributed by atoms with E-state index in [0.29, 0.717) is 18.3 Å². The van der Waals surface area contributed by atoms with Gasteiger partial charge in [-0.2, -0.15) is 0 Å². The first-order valence-electron chi connectivity index (χ1n) is 10.6. The average Bonchev–Trinajstić information content (AvgIpc) is 2.55. The maximum absolute atomic E-state index is 6.02. The van der Waals surface area contributed by atoms with Crippen LogP contribution in [0.3, 0.4) is 0 Å². The van der Waals surface area contributed by atoms with Crippen molar-refractivity contribution < 1.29 is 9.47 Å². The monoisotopic (exact) mass is 341 g/mol. The Morgan fingerprint density at radius 1 is 0.708 bits per heavy atom. The SMILES string of the molecule is [CH2]CCCCCCCCCCC(CCC(CCC)OC(C)C)OC. The quantitative estimate of drug-likeness (QED) is 0.247. The second kappa shape index (κ2) is 17.7. The van der Waals surface area contributed by atoms with Gasteiger partial charge in [0.2, 0.25) is 0 Å². The van der Waals surface area contributed by atoms with Gasteiger partial charge in [0.05, 0.1) is 18.3 Å². The molecule has 0 fully saturated rings. The van der Waals surface area contributed by atoms with Gasteiger partial charge in [-0.25, -0.2) is 0 Å². The highest BCUT2D eigenvalue weighted by Gasteiger charge is 2.14. The molecule has 0 aromatic heterocycles. The Kier molecular flexibility index (Phi) is 17.7. The predicted molar refractivity (Wildman–Crippen MR) is 106 cm³/mol. The van der Waals surface area contributed by atoms with Crippen molar-refractivity contribution in [2.45, 2.75) is 129 Å². The molecule has 0 amide bonds. The van der Waals surface area contributed by atoms with Gasteiger partial charge in [0.15, 0.2) is 0 Å². The van der Waals surface area contributed by atoms with Crippen molar-refractivity contribution in [2.24, 2.45) is 0 Å². The summed E-state index contributed by atoms with van der Waals surface area (Å²) in [5.41, 5.74) is 0. The van der Waals surface area contributed by atoms with E-state index in [2.05, 4.69) is 27.7 Å². The van der Waals surface area contributed by atoms with Crippen molar-refractivity contribution in [2.75, 3.05) is 7.11 Å². The van der Waals surface area contributed by atoms with E-state index >= 15 is 0 Å². The Morgan fingerprint density at radius 3 is 1.75 bits per heavy atom. The van der Waals surface area contributed by atoms with Crippen LogP contribution in [0, 0.1) is 6.92 Å². The highest BCUT2D eigenvalue weighted by Crippen LogP contribution is 2.18. The highest BCUT2D eigenvalue weighted by molar-refractivity contribution is 4.65. The lowest BCUT2D eigenvalue weighted by Gasteiger charge is -2.22. The lowest BCUT2D eigenvalue weighted by molar-refractivity contribution is -0.0137. The van der Waals surface area contributed by atoms with Crippen LogP contribution in [-0.4, -0.2) is 25.4 Å². The molecule has 2 nitrogen and oxygen atoms in total. The number of unbranched alkanes of at least 4 members (excludes halogenated alkanes) is 8. The second-order valence-electron chi connectivity index (χ2n) is 7.50. The molecule has 0 bridgehead atoms. The van der Waals surface area contributed by atoms with Gasteiger partial charge in [-0.15, -0.1) is 0 Å². The predicted octanol–water partition coefficient (Wildman–Crippen LogP) is 7.11. The van der Waals surface area contributed by atoms with E-state index in [-0.39, 0.29) is 0 Å². The zero-order valence-corrected chi connectivity index (χ0v) is 17.2. The summed E-state index contributed by atoms with van der Waals surface area (Å²) >= 11 is 0. The Balaban J connectivity index is 3.67. The molecule has 24 heavy (non-hydrogen) atoms. The van der Waals surface area contributed by atoms with Gasteiger partial charge in [0.1, 0.15) is 0 Å². The minimum Gasteiger partial charge on any atom is -0.381 e. The van der Waals surface area contributed by atoms with Crippen LogP contribution >= 0.6 is 0 Å². The van der Waals surface area contributed by atoms with Crippen LogP contribution in [-0.2, 0) is 9.47 Å². The van der Waals surface area contributed by atoms with Gasteiger partial charge >= 0.3 is 0 Å². The summed E-state index contributed by atoms with van der Waals surface area (Å²) in [6, 6.07) is 0. The zero-order chi connectivity index (χ0) is 18.0. The fourth-order valence-electron chi connectivity index (χ4n) is 3.35. The van der Waals surface area contributed by atoms with Crippen molar-refractivity contribution in [1.82, 2.24) is 0 Å². The number of rotatable bonds is 18. The molecule has 0 saturated carbocycles. The summed E-state index contributed by atoms with van der Waals surface area (Å²) in [5, 5.41) is 0. The third kappa shape index (κ3) is 15.4. The van der Waals surface area contributed by atoms with E-state index in [1.54, 1.807) is 0 Å². The molecule has 0 aliphatic rings. The molecule has 145 valence electrons. The maximum Gasteiger partial charge on any atom is 0.0579 e. The minimum atomic E-state index is 0.330. The normalized spacial score (nSPS) is 14.2. The molecule has 0 aromatic carbocycles. The van der Waals surface area contributed by atoms with Gasteiger partial charge in [-0.05, 0) is 39.5 Å². The molecule has 0 saturated heterocycles. The lowest BCUT2D eigenvalue weighted by atomic mass is 10.0. The van der Waals surface area contributed by atoms with Crippen molar-refractivity contribution in [3.05, 3.63) is 6.92 Å². The van der Waals surface area contributed by atoms with Crippen LogP contribution in [0.5, 0.6) is 0 Å². The van der Waals surface area contributed by atoms with Crippen LogP contribution < -0.4 is 0 Å². The highest BCUT2D eigenvalue weighted by atomic mass is 16.5. The minimum absolute atomic E-state index is 0.330. The van der Waals surface area contributed by atoms with Crippen LogP contribution in [0.25, 0.3) is 0 Å². The Morgan fingerprint density at radius 2 is 1.25 bits per heavy atom. The maximum atomic E-state index is 6.02. The number of hydrogen-bond donors (Lipinski definition) is 0. The zero-order valence-electron chi connectivity index (χ0n) is 17.2. The van der Waals surface area contributed by atoms with E-state index in [1.807, 2.05) is 7.11 Å². The van der Waals surface area contributed by atoms with E-state index < -0.39 is 0 Å². The van der Waals surface area contributed by atoms with Crippen LogP contribution in [0.4, 0.5) is 0 Å². The summed E-state index contributed by atoms with van der Waals surface area (Å²) in [4.78, 5) is 0. The van der Waals surface area contributed by atoms with Crippen LogP contribution in [0.1, 0.15) is 111 Å². The molecule has 2 atom stereocenters. The van der Waals surface area contributed by atoms with Crippen molar-refractivity contribution in [1.29, 1.82) is 0 Å². The van der Waals surface area contributed by atoms with Gasteiger partial charge in [0, 0.05) is 7.11 Å². The van der Waals surface area contributed by atoms with Gasteiger partial charge < -0.3 is 9.47 Å². The largest absolute Gasteiger partial charge is 0.381 e. The van der Waals surface area contributed by atoms with E-state index in [4.69, 9.17) is 9.47 Å². The van der Waals surface area contributed by atoms with Crippen molar-refractivity contribution in [3.63, 3.8) is 0 Å². The standard InChI is InChI=1S/C22H45O2/c1-6-8-9-10-11-12-13-14-15-17-21(23-5)18-19-22(16-7-2)24-20(3)4/h20-22H,1,6-19H2,2-5H3. The van der Waals surface area contributed by atoms with E-state index in [0.717, 1.165) is 19.3 Å². The summed E-state index contributed by atoms with van der Waals surface area (Å²) in [7, 11) is 1.87. The molecule has 0 spiro atoms. The number of ether oxygens (including phenoxy) is 2. The van der Waals surface area contributed by atoms with Gasteiger partial charge in [-0.1, -0.05) is 78.1 Å². The Bertz CT molecular complexity index is 240. The molecule has 1 radical (unpaired) electrons. The fourth-order valence-corrected chi connectivity index (χ4v) is 3.35. The molecule has 0 rings (SSSR count). The van der Waals surface area contributed by atoms with E-state index in [1.165, 1.54) is 70.6 Å². The number of methoxy groups -OCH3 is 1. The Hall–Kier alpha value is -0.0800. The van der Waals surface area contributed by atoms with Gasteiger partial charge in [-0.3, -0.25) is 0 Å². The molecular formula is C22H45O2. The molecule has 0 aliphatic heterocycles. The molecule has 0 aromatic rings. The number of hydrogen-bond acceptors (Lipinski definition) is 2. The van der Waals surface area contributed by atoms with Crippen molar-refractivity contribution in [3.8, 4) is 0 Å². The van der Waals surface area contributed by atoms with Crippen LogP contribution in [0.2, 0.25) is 0 Å². The lowest BCUT2D eigenvalue weighted by Crippen LogP contribution is -2.21. The third-order valence-corrected chi connectivity index (χ3v) is 4.75. The summed E-state index contributed by atoms with van der Waals surface area (Å²) in [6.45, 7) is 10.4. The molecule has 2 unspecified atom stereocenters. The van der Waals surface area contributed by atoms with Gasteiger partial charge in [0.25, 0.3) is 0 Å². The topological polar surface area (TPSA) is 18.5 Å². The first kappa shape index (κ1) is 23.9. The third-order valence-electron chi connectivity index (χ3n) is 4.75. The smallest absolute Gasteiger partial charge is 0.0579 e. The van der Waals surface area contributed by atoms with Crippen molar-refractivity contribution >= 4 is 0 Å². The summed E-state index contributed by atoms with van der Waals surface area (Å²) < 4.78 is 11.7. The first-order chi connectivity index (χ1) is 11.6. The first-order valence-corrected chi connectivity index (χ1v) is 10.6. The van der Waals surface area contributed by atoms with E-state index in [9.17, 15) is 0 Å². The Labute approximate surface area is 153 Å². The molecule has 0 heterocycles. The molecular weight excluding hydrogens is 296 g/mol. The summed E-state index contributed by atoms with van der Waals surface area (Å²) in [6.07, 6.45) is 19.0.